The normalized spacial score (nSPS) is 45.5. The van der Waals surface area contributed by atoms with Crippen LogP contribution in [0.1, 0.15) is 27.7 Å². The monoisotopic (exact) mass is 423 g/mol. The third-order valence-electron chi connectivity index (χ3n) is 5.71. The Labute approximate surface area is 170 Å². The molecule has 9 nitrogen and oxygen atoms in total. The van der Waals surface area contributed by atoms with E-state index >= 15 is 0 Å². The van der Waals surface area contributed by atoms with Crippen LogP contribution in [0.25, 0.3) is 0 Å². The molecule has 0 saturated carbocycles. The van der Waals surface area contributed by atoms with Crippen molar-refractivity contribution in [2.45, 2.75) is 82.8 Å². The molecule has 0 radical (unpaired) electrons. The number of carbonyl (C=O) groups excluding carboxylic acids is 1. The highest BCUT2D eigenvalue weighted by Crippen LogP contribution is 2.34. The molecule has 2 aliphatic rings. The van der Waals surface area contributed by atoms with Gasteiger partial charge in [-0.25, -0.2) is 0 Å². The zero-order chi connectivity index (χ0) is 21.2. The van der Waals surface area contributed by atoms with Gasteiger partial charge >= 0.3 is 0 Å². The number of ether oxygens (including phenoxy) is 3. The second-order valence-corrected chi connectivity index (χ2v) is 8.24. The molecule has 0 aromatic carbocycles. The molecule has 2 fully saturated rings. The van der Waals surface area contributed by atoms with Gasteiger partial charge in [-0.15, -0.1) is 0 Å². The number of aliphatic hydroxyl groups excluding tert-OH is 4. The predicted molar refractivity (Wildman–Crippen MR) is 103 cm³/mol. The molecule has 0 bridgehead atoms. The summed E-state index contributed by atoms with van der Waals surface area (Å²) < 4.78 is 17.2. The number of amides is 1. The van der Waals surface area contributed by atoms with E-state index < -0.39 is 61.5 Å². The molecule has 5 N–H and O–H groups in total. The summed E-state index contributed by atoms with van der Waals surface area (Å²) in [7, 11) is 0. The number of carbonyl (C=O) groups is 1. The first kappa shape index (κ1) is 23.8. The molecule has 0 aliphatic carbocycles. The number of thiol groups is 1. The highest BCUT2D eigenvalue weighted by atomic mass is 32.1. The number of nitrogens with one attached hydrogen (secondary N) is 1. The quantitative estimate of drug-likeness (QED) is 0.289. The van der Waals surface area contributed by atoms with Gasteiger partial charge in [0, 0.05) is 17.7 Å². The Hall–Kier alpha value is -0.460. The van der Waals surface area contributed by atoms with Crippen LogP contribution in [-0.2, 0) is 19.0 Å². The van der Waals surface area contributed by atoms with E-state index in [0.717, 1.165) is 0 Å². The summed E-state index contributed by atoms with van der Waals surface area (Å²) in [6, 6.07) is -0.224. The fourth-order valence-corrected chi connectivity index (χ4v) is 3.60. The molecule has 1 amide bonds. The maximum absolute atomic E-state index is 12.7. The Morgan fingerprint density at radius 2 is 1.75 bits per heavy atom. The first-order valence-corrected chi connectivity index (χ1v) is 10.3. The largest absolute Gasteiger partial charge is 0.394 e. The minimum atomic E-state index is -1.38. The van der Waals surface area contributed by atoms with Crippen LogP contribution in [0.2, 0.25) is 0 Å². The van der Waals surface area contributed by atoms with Crippen LogP contribution in [0, 0.1) is 11.8 Å². The van der Waals surface area contributed by atoms with Gasteiger partial charge in [-0.1, -0.05) is 13.8 Å². The van der Waals surface area contributed by atoms with E-state index in [-0.39, 0.29) is 17.9 Å². The lowest BCUT2D eigenvalue weighted by molar-refractivity contribution is -0.318. The molecule has 2 heterocycles. The van der Waals surface area contributed by atoms with Crippen LogP contribution in [0.3, 0.4) is 0 Å². The third-order valence-corrected chi connectivity index (χ3v) is 6.25. The molecular formula is C18H33NO8S. The zero-order valence-electron chi connectivity index (χ0n) is 16.6. The van der Waals surface area contributed by atoms with Gasteiger partial charge in [0.05, 0.1) is 18.8 Å². The fraction of sp³-hybridized carbons (Fsp3) is 0.944. The first-order chi connectivity index (χ1) is 13.1. The molecular weight excluding hydrogens is 390 g/mol. The lowest BCUT2D eigenvalue weighted by Gasteiger charge is -2.46. The predicted octanol–water partition coefficient (Wildman–Crippen LogP) is -1.33. The van der Waals surface area contributed by atoms with E-state index in [2.05, 4.69) is 17.9 Å². The van der Waals surface area contributed by atoms with Crippen LogP contribution < -0.4 is 5.32 Å². The van der Waals surface area contributed by atoms with Crippen molar-refractivity contribution in [3.63, 3.8) is 0 Å². The van der Waals surface area contributed by atoms with Crippen LogP contribution in [-0.4, -0.2) is 93.8 Å². The van der Waals surface area contributed by atoms with Gasteiger partial charge in [0.15, 0.2) is 12.4 Å². The minimum Gasteiger partial charge on any atom is -0.394 e. The maximum Gasteiger partial charge on any atom is 0.252 e. The van der Waals surface area contributed by atoms with E-state index in [9.17, 15) is 25.2 Å². The third kappa shape index (κ3) is 4.99. The Bertz CT molecular complexity index is 524. The molecule has 2 saturated heterocycles. The Morgan fingerprint density at radius 3 is 2.32 bits per heavy atom. The Kier molecular flexibility index (Phi) is 8.53. The van der Waals surface area contributed by atoms with Crippen molar-refractivity contribution in [1.29, 1.82) is 0 Å². The Balaban J connectivity index is 2.21. The molecule has 2 aliphatic heterocycles. The van der Waals surface area contributed by atoms with Crippen molar-refractivity contribution >= 4 is 18.5 Å². The second-order valence-electron chi connectivity index (χ2n) is 7.87. The van der Waals surface area contributed by atoms with Crippen LogP contribution in [0.4, 0.5) is 0 Å². The summed E-state index contributed by atoms with van der Waals surface area (Å²) in [5.41, 5.74) is 0. The molecule has 164 valence electrons. The summed E-state index contributed by atoms with van der Waals surface area (Å²) in [6.45, 7) is 6.55. The molecule has 0 aromatic rings. The average Bonchev–Trinajstić information content (AvgIpc) is 2.67. The van der Waals surface area contributed by atoms with Crippen LogP contribution >= 0.6 is 12.6 Å². The SMILES string of the molecule is CC(CS)NC(=O)C1O[C@@H](C)C(O)[C@@H](O)[C@@H]1O[C@@H]1OC(CO)[C@@H](O)[C@H](C)C1C. The van der Waals surface area contributed by atoms with E-state index in [1.165, 1.54) is 0 Å². The molecule has 2 rings (SSSR count). The van der Waals surface area contributed by atoms with Crippen molar-refractivity contribution in [2.75, 3.05) is 12.4 Å². The van der Waals surface area contributed by atoms with E-state index in [0.29, 0.717) is 5.75 Å². The summed E-state index contributed by atoms with van der Waals surface area (Å²) in [5, 5.41) is 43.2. The summed E-state index contributed by atoms with van der Waals surface area (Å²) in [4.78, 5) is 12.7. The van der Waals surface area contributed by atoms with Gasteiger partial charge < -0.3 is 40.0 Å². The average molecular weight is 424 g/mol. The maximum atomic E-state index is 12.7. The second kappa shape index (κ2) is 10.0. The summed E-state index contributed by atoms with van der Waals surface area (Å²) in [5.74, 6) is -0.611. The Morgan fingerprint density at radius 1 is 1.11 bits per heavy atom. The van der Waals surface area contributed by atoms with E-state index in [1.807, 2.05) is 0 Å². The van der Waals surface area contributed by atoms with Crippen molar-refractivity contribution in [3.8, 4) is 0 Å². The summed E-state index contributed by atoms with van der Waals surface area (Å²) in [6.07, 6.45) is -8.37. The van der Waals surface area contributed by atoms with Gasteiger partial charge in [0.2, 0.25) is 0 Å². The lowest BCUT2D eigenvalue weighted by Crippen LogP contribution is -2.64. The highest BCUT2D eigenvalue weighted by Gasteiger charge is 2.50. The van der Waals surface area contributed by atoms with Gasteiger partial charge in [-0.3, -0.25) is 4.79 Å². The molecule has 10 heteroatoms. The van der Waals surface area contributed by atoms with Crippen LogP contribution in [0.5, 0.6) is 0 Å². The first-order valence-electron chi connectivity index (χ1n) is 9.65. The minimum absolute atomic E-state index is 0.224. The van der Waals surface area contributed by atoms with E-state index in [4.69, 9.17) is 14.2 Å². The van der Waals surface area contributed by atoms with Crippen molar-refractivity contribution in [2.24, 2.45) is 11.8 Å². The number of hydrogen-bond acceptors (Lipinski definition) is 9. The number of aliphatic hydroxyl groups is 4. The highest BCUT2D eigenvalue weighted by molar-refractivity contribution is 7.80. The smallest absolute Gasteiger partial charge is 0.252 e. The zero-order valence-corrected chi connectivity index (χ0v) is 17.5. The van der Waals surface area contributed by atoms with Gasteiger partial charge in [-0.2, -0.15) is 12.6 Å². The van der Waals surface area contributed by atoms with Crippen molar-refractivity contribution < 1.29 is 39.4 Å². The molecule has 28 heavy (non-hydrogen) atoms. The molecule has 0 aromatic heterocycles. The number of rotatable bonds is 6. The summed E-state index contributed by atoms with van der Waals surface area (Å²) >= 11 is 4.14. The van der Waals surface area contributed by atoms with Crippen molar-refractivity contribution in [3.05, 3.63) is 0 Å². The van der Waals surface area contributed by atoms with Crippen LogP contribution in [0.15, 0.2) is 0 Å². The van der Waals surface area contributed by atoms with Gasteiger partial charge in [0.25, 0.3) is 5.91 Å². The fourth-order valence-electron chi connectivity index (χ4n) is 3.51. The standard InChI is InChI=1S/C18H33NO8S/c1-7(6-28)19-17(24)16-15(14(23)13(22)10(4)25-16)27-18-9(3)8(2)12(21)11(5-20)26-18/h7-16,18,20-23,28H,5-6H2,1-4H3,(H,19,24)/t7?,8-,9?,10+,11?,12+,13?,14-,15+,16?,18+/m1/s1. The number of hydrogen-bond donors (Lipinski definition) is 6. The van der Waals surface area contributed by atoms with Crippen molar-refractivity contribution in [1.82, 2.24) is 5.32 Å². The molecule has 5 unspecified atom stereocenters. The molecule has 0 spiro atoms. The lowest BCUT2D eigenvalue weighted by atomic mass is 9.84. The topological polar surface area (TPSA) is 138 Å². The van der Waals surface area contributed by atoms with Gasteiger partial charge in [-0.05, 0) is 19.8 Å². The molecule has 11 atom stereocenters. The van der Waals surface area contributed by atoms with Gasteiger partial charge in [0.1, 0.15) is 24.4 Å². The van der Waals surface area contributed by atoms with E-state index in [1.54, 1.807) is 27.7 Å².